The van der Waals surface area contributed by atoms with Crippen LogP contribution in [0.2, 0.25) is 5.02 Å². The number of nitrogen functional groups attached to an aromatic ring is 1. The number of rotatable bonds is 4. The first kappa shape index (κ1) is 15.8. The van der Waals surface area contributed by atoms with Crippen LogP contribution in [0, 0.1) is 12.7 Å². The number of halogens is 2. The number of hydrogen-bond donors (Lipinski definition) is 2. The Hall–Kier alpha value is -1.63. The van der Waals surface area contributed by atoms with Crippen LogP contribution in [0.4, 0.5) is 10.1 Å². The fourth-order valence-corrected chi connectivity index (χ4v) is 3.46. The molecule has 0 aliphatic rings. The molecular formula is C14H14ClFN2O2S. The number of nitrogens with two attached hydrogens (primary N) is 1. The van der Waals surface area contributed by atoms with E-state index in [4.69, 9.17) is 17.3 Å². The fourth-order valence-electron chi connectivity index (χ4n) is 1.86. The highest BCUT2D eigenvalue weighted by atomic mass is 35.5. The molecule has 2 aromatic rings. The lowest BCUT2D eigenvalue weighted by atomic mass is 10.2. The van der Waals surface area contributed by atoms with Crippen LogP contribution in [0.15, 0.2) is 41.3 Å². The van der Waals surface area contributed by atoms with Gasteiger partial charge in [-0.25, -0.2) is 17.5 Å². The quantitative estimate of drug-likeness (QED) is 0.848. The lowest BCUT2D eigenvalue weighted by Gasteiger charge is -2.11. The van der Waals surface area contributed by atoms with Crippen molar-refractivity contribution in [1.82, 2.24) is 4.72 Å². The summed E-state index contributed by atoms with van der Waals surface area (Å²) in [6.45, 7) is 1.58. The molecule has 0 amide bonds. The second-order valence-corrected chi connectivity index (χ2v) is 6.74. The maximum absolute atomic E-state index is 13.1. The molecule has 3 N–H and O–H groups in total. The van der Waals surface area contributed by atoms with Crippen LogP contribution in [0.25, 0.3) is 0 Å². The molecule has 7 heteroatoms. The van der Waals surface area contributed by atoms with Crippen molar-refractivity contribution < 1.29 is 12.8 Å². The summed E-state index contributed by atoms with van der Waals surface area (Å²) in [6.07, 6.45) is 0. The van der Waals surface area contributed by atoms with Crippen LogP contribution in [0.1, 0.15) is 11.1 Å². The van der Waals surface area contributed by atoms with E-state index in [0.717, 1.165) is 0 Å². The van der Waals surface area contributed by atoms with Gasteiger partial charge in [0.1, 0.15) is 5.82 Å². The van der Waals surface area contributed by atoms with Gasteiger partial charge in [-0.15, -0.1) is 0 Å². The summed E-state index contributed by atoms with van der Waals surface area (Å²) >= 11 is 5.84. The average Bonchev–Trinajstić information content (AvgIpc) is 2.41. The summed E-state index contributed by atoms with van der Waals surface area (Å²) < 4.78 is 40.1. The smallest absolute Gasteiger partial charge is 0.241 e. The molecule has 0 aliphatic heterocycles. The van der Waals surface area contributed by atoms with Gasteiger partial charge in [0.05, 0.1) is 4.90 Å². The predicted octanol–water partition coefficient (Wildman–Crippen LogP) is 2.85. The Morgan fingerprint density at radius 1 is 1.29 bits per heavy atom. The van der Waals surface area contributed by atoms with Crippen molar-refractivity contribution in [2.45, 2.75) is 18.4 Å². The van der Waals surface area contributed by atoms with Crippen LogP contribution >= 0.6 is 11.6 Å². The molecule has 0 fully saturated rings. The Kier molecular flexibility index (Phi) is 4.51. The molecule has 0 saturated heterocycles. The normalized spacial score (nSPS) is 11.6. The molecule has 4 nitrogen and oxygen atoms in total. The van der Waals surface area contributed by atoms with Gasteiger partial charge in [0, 0.05) is 17.3 Å². The van der Waals surface area contributed by atoms with E-state index in [1.54, 1.807) is 13.0 Å². The molecule has 0 saturated carbocycles. The number of hydrogen-bond acceptors (Lipinski definition) is 3. The molecule has 2 aromatic carbocycles. The maximum Gasteiger partial charge on any atom is 0.241 e. The molecule has 0 spiro atoms. The number of benzene rings is 2. The first-order chi connectivity index (χ1) is 9.79. The molecule has 0 unspecified atom stereocenters. The summed E-state index contributed by atoms with van der Waals surface area (Å²) in [6, 6.07) is 8.53. The molecule has 0 radical (unpaired) electrons. The van der Waals surface area contributed by atoms with Crippen LogP contribution < -0.4 is 10.5 Å². The van der Waals surface area contributed by atoms with Crippen molar-refractivity contribution in [2.75, 3.05) is 5.73 Å². The fraction of sp³-hybridized carbons (Fsp3) is 0.143. The summed E-state index contributed by atoms with van der Waals surface area (Å²) in [7, 11) is -3.78. The topological polar surface area (TPSA) is 72.2 Å². The van der Waals surface area contributed by atoms with Crippen molar-refractivity contribution in [3.05, 3.63) is 58.4 Å². The Bertz CT molecular complexity index is 779. The van der Waals surface area contributed by atoms with Crippen molar-refractivity contribution >= 4 is 27.3 Å². The van der Waals surface area contributed by atoms with Crippen LogP contribution in [0.3, 0.4) is 0 Å². The van der Waals surface area contributed by atoms with E-state index >= 15 is 0 Å². The average molecular weight is 329 g/mol. The Morgan fingerprint density at radius 3 is 2.67 bits per heavy atom. The van der Waals surface area contributed by atoms with Gasteiger partial charge in [0.2, 0.25) is 10.0 Å². The van der Waals surface area contributed by atoms with E-state index in [-0.39, 0.29) is 16.5 Å². The third-order valence-corrected chi connectivity index (χ3v) is 4.76. The zero-order chi connectivity index (χ0) is 15.6. The van der Waals surface area contributed by atoms with Crippen LogP contribution in [-0.4, -0.2) is 8.42 Å². The highest BCUT2D eigenvalue weighted by Crippen LogP contribution is 2.26. The molecule has 0 bridgehead atoms. The minimum atomic E-state index is -3.78. The lowest BCUT2D eigenvalue weighted by Crippen LogP contribution is -2.24. The Balaban J connectivity index is 2.27. The first-order valence-electron chi connectivity index (χ1n) is 6.09. The van der Waals surface area contributed by atoms with E-state index in [0.29, 0.717) is 16.8 Å². The third kappa shape index (κ3) is 3.72. The summed E-state index contributed by atoms with van der Waals surface area (Å²) in [5.74, 6) is -0.421. The van der Waals surface area contributed by atoms with Gasteiger partial charge < -0.3 is 5.73 Å². The zero-order valence-electron chi connectivity index (χ0n) is 11.2. The second kappa shape index (κ2) is 6.01. The van der Waals surface area contributed by atoms with Gasteiger partial charge in [-0.05, 0) is 42.3 Å². The van der Waals surface area contributed by atoms with Gasteiger partial charge in [0.15, 0.2) is 0 Å². The van der Waals surface area contributed by atoms with Gasteiger partial charge in [0.25, 0.3) is 0 Å². The molecule has 0 heterocycles. The number of anilines is 1. The van der Waals surface area contributed by atoms with E-state index in [9.17, 15) is 12.8 Å². The first-order valence-corrected chi connectivity index (χ1v) is 7.95. The van der Waals surface area contributed by atoms with E-state index in [2.05, 4.69) is 4.72 Å². The van der Waals surface area contributed by atoms with E-state index < -0.39 is 15.8 Å². The highest BCUT2D eigenvalue weighted by molar-refractivity contribution is 7.89. The Labute approximate surface area is 127 Å². The number of nitrogens with one attached hydrogen (secondary N) is 1. The van der Waals surface area contributed by atoms with E-state index in [1.165, 1.54) is 30.3 Å². The SMILES string of the molecule is Cc1c(N)cc(Cl)cc1S(=O)(=O)NCc1cccc(F)c1. The maximum atomic E-state index is 13.1. The van der Waals surface area contributed by atoms with Crippen LogP contribution in [-0.2, 0) is 16.6 Å². The molecule has 0 atom stereocenters. The minimum Gasteiger partial charge on any atom is -0.398 e. The molecular weight excluding hydrogens is 315 g/mol. The van der Waals surface area contributed by atoms with Gasteiger partial charge in [-0.1, -0.05) is 23.7 Å². The summed E-state index contributed by atoms with van der Waals surface area (Å²) in [5, 5.41) is 0.240. The van der Waals surface area contributed by atoms with Crippen molar-refractivity contribution in [3.63, 3.8) is 0 Å². The molecule has 112 valence electrons. The number of sulfonamides is 1. The lowest BCUT2D eigenvalue weighted by molar-refractivity contribution is 0.579. The summed E-state index contributed by atoms with van der Waals surface area (Å²) in [5.41, 5.74) is 6.96. The second-order valence-electron chi connectivity index (χ2n) is 4.57. The van der Waals surface area contributed by atoms with Crippen LogP contribution in [0.5, 0.6) is 0 Å². The van der Waals surface area contributed by atoms with Gasteiger partial charge in [-0.2, -0.15) is 0 Å². The largest absolute Gasteiger partial charge is 0.398 e. The standard InChI is InChI=1S/C14H14ClFN2O2S/c1-9-13(17)6-11(15)7-14(9)21(19,20)18-8-10-3-2-4-12(16)5-10/h2-7,18H,8,17H2,1H3. The molecule has 2 rings (SSSR count). The molecule has 0 aliphatic carbocycles. The highest BCUT2D eigenvalue weighted by Gasteiger charge is 2.19. The van der Waals surface area contributed by atoms with Gasteiger partial charge in [-0.3, -0.25) is 0 Å². The molecule has 21 heavy (non-hydrogen) atoms. The Morgan fingerprint density at radius 2 is 2.00 bits per heavy atom. The third-order valence-electron chi connectivity index (χ3n) is 3.01. The van der Waals surface area contributed by atoms with E-state index in [1.807, 2.05) is 0 Å². The van der Waals surface area contributed by atoms with Crippen molar-refractivity contribution in [1.29, 1.82) is 0 Å². The van der Waals surface area contributed by atoms with Gasteiger partial charge >= 0.3 is 0 Å². The predicted molar refractivity (Wildman–Crippen MR) is 81.0 cm³/mol. The van der Waals surface area contributed by atoms with Crippen molar-refractivity contribution in [2.24, 2.45) is 0 Å². The monoisotopic (exact) mass is 328 g/mol. The minimum absolute atomic E-state index is 0.0175. The zero-order valence-corrected chi connectivity index (χ0v) is 12.8. The molecule has 0 aromatic heterocycles. The van der Waals surface area contributed by atoms with Crippen molar-refractivity contribution in [3.8, 4) is 0 Å². The summed E-state index contributed by atoms with van der Waals surface area (Å²) in [4.78, 5) is 0.0175.